The maximum absolute atomic E-state index is 12.4. The van der Waals surface area contributed by atoms with Crippen LogP contribution in [0.2, 0.25) is 5.15 Å². The summed E-state index contributed by atoms with van der Waals surface area (Å²) in [5.41, 5.74) is 1.35. The van der Waals surface area contributed by atoms with Crippen LogP contribution in [0, 0.1) is 0 Å². The Morgan fingerprint density at radius 1 is 1.10 bits per heavy atom. The van der Waals surface area contributed by atoms with Crippen molar-refractivity contribution in [3.8, 4) is 0 Å². The average Bonchev–Trinajstić information content (AvgIpc) is 2.36. The molecule has 3 nitrogen and oxygen atoms in total. The van der Waals surface area contributed by atoms with E-state index < -0.39 is 16.5 Å². The number of rotatable bonds is 3. The molecule has 1 heterocycles. The second-order valence-corrected chi connectivity index (χ2v) is 8.97. The number of hydrogen-bond acceptors (Lipinski definition) is 2. The largest absolute Gasteiger partial charge is 0.242 e. The van der Waals surface area contributed by atoms with Gasteiger partial charge in [0.2, 0.25) is 0 Å². The zero-order valence-electron chi connectivity index (χ0n) is 13.0. The number of hydrogen-bond donors (Lipinski definition) is 1. The monoisotopic (exact) mass is 324 g/mol. The smallest absolute Gasteiger partial charge is 0.129 e. The lowest BCUT2D eigenvalue weighted by atomic mass is 9.93. The first-order valence-corrected chi connectivity index (χ1v) is 8.39. The maximum atomic E-state index is 12.4. The number of benzene rings is 1. The first-order valence-electron chi connectivity index (χ1n) is 6.87. The molecule has 2 aromatic rings. The number of fused-ring (bicyclic) bond motifs is 1. The van der Waals surface area contributed by atoms with Gasteiger partial charge in [-0.3, -0.25) is 0 Å². The fourth-order valence-electron chi connectivity index (χ4n) is 2.07. The van der Waals surface area contributed by atoms with Crippen LogP contribution in [-0.2, 0) is 16.5 Å². The van der Waals surface area contributed by atoms with E-state index in [1.54, 1.807) is 6.07 Å². The van der Waals surface area contributed by atoms with E-state index in [0.717, 1.165) is 16.5 Å². The summed E-state index contributed by atoms with van der Waals surface area (Å²) in [5, 5.41) is 1.48. The molecule has 1 aromatic heterocycles. The Labute approximate surface area is 133 Å². The first-order chi connectivity index (χ1) is 9.61. The van der Waals surface area contributed by atoms with Crippen molar-refractivity contribution in [1.82, 2.24) is 9.71 Å². The van der Waals surface area contributed by atoms with Gasteiger partial charge in [-0.15, -0.1) is 0 Å². The van der Waals surface area contributed by atoms with Crippen LogP contribution in [0.25, 0.3) is 10.9 Å². The van der Waals surface area contributed by atoms with Crippen LogP contribution in [0.3, 0.4) is 0 Å². The zero-order chi connectivity index (χ0) is 15.8. The van der Waals surface area contributed by atoms with Gasteiger partial charge in [0.25, 0.3) is 0 Å². The summed E-state index contributed by atoms with van der Waals surface area (Å²) in [6.45, 7) is 9.86. The molecule has 0 bridgehead atoms. The number of para-hydroxylation sites is 1. The van der Waals surface area contributed by atoms with Gasteiger partial charge < -0.3 is 0 Å². The summed E-state index contributed by atoms with van der Waals surface area (Å²) in [4.78, 5) is 4.44. The fourth-order valence-corrected chi connectivity index (χ4v) is 3.09. The SMILES string of the molecule is CC(C)(NS(=O)C(C)(C)C)c1cccc2ccc(Cl)nc12. The van der Waals surface area contributed by atoms with Gasteiger partial charge in [0.15, 0.2) is 0 Å². The zero-order valence-corrected chi connectivity index (χ0v) is 14.6. The third-order valence-corrected chi connectivity index (χ3v) is 5.28. The maximum Gasteiger partial charge on any atom is 0.129 e. The van der Waals surface area contributed by atoms with Crippen molar-refractivity contribution in [3.63, 3.8) is 0 Å². The van der Waals surface area contributed by atoms with E-state index in [2.05, 4.69) is 9.71 Å². The third-order valence-electron chi connectivity index (χ3n) is 3.26. The van der Waals surface area contributed by atoms with Crippen LogP contribution in [0.15, 0.2) is 30.3 Å². The van der Waals surface area contributed by atoms with Crippen molar-refractivity contribution in [2.45, 2.75) is 44.9 Å². The quantitative estimate of drug-likeness (QED) is 0.861. The molecule has 0 aliphatic heterocycles. The number of aromatic nitrogens is 1. The fraction of sp³-hybridized carbons (Fsp3) is 0.438. The van der Waals surface area contributed by atoms with Crippen molar-refractivity contribution >= 4 is 33.5 Å². The Morgan fingerprint density at radius 2 is 1.76 bits per heavy atom. The predicted octanol–water partition coefficient (Wildman–Crippen LogP) is 4.18. The third kappa shape index (κ3) is 3.62. The highest BCUT2D eigenvalue weighted by Gasteiger charge is 2.30. The molecule has 0 saturated carbocycles. The molecule has 0 amide bonds. The van der Waals surface area contributed by atoms with Gasteiger partial charge in [-0.25, -0.2) is 13.9 Å². The van der Waals surface area contributed by atoms with Crippen LogP contribution < -0.4 is 4.72 Å². The minimum Gasteiger partial charge on any atom is -0.242 e. The number of halogens is 1. The molecule has 1 unspecified atom stereocenters. The second-order valence-electron chi connectivity index (χ2n) is 6.62. The van der Waals surface area contributed by atoms with Gasteiger partial charge in [-0.1, -0.05) is 29.8 Å². The molecule has 5 heteroatoms. The molecule has 0 aliphatic carbocycles. The second kappa shape index (κ2) is 5.67. The van der Waals surface area contributed by atoms with Gasteiger partial charge in [0, 0.05) is 5.39 Å². The Morgan fingerprint density at radius 3 is 2.38 bits per heavy atom. The summed E-state index contributed by atoms with van der Waals surface area (Å²) in [6.07, 6.45) is 0. The standard InChI is InChI=1S/C16H21ClN2OS/c1-15(2,3)21(20)19-16(4,5)12-8-6-7-11-9-10-13(17)18-14(11)12/h6-10,19H,1-5H3. The highest BCUT2D eigenvalue weighted by Crippen LogP contribution is 2.29. The van der Waals surface area contributed by atoms with E-state index in [9.17, 15) is 4.21 Å². The van der Waals surface area contributed by atoms with Crippen LogP contribution in [0.5, 0.6) is 0 Å². The summed E-state index contributed by atoms with van der Waals surface area (Å²) in [5.74, 6) is 0. The average molecular weight is 325 g/mol. The van der Waals surface area contributed by atoms with Crippen molar-refractivity contribution in [2.75, 3.05) is 0 Å². The molecule has 0 saturated heterocycles. The molecule has 1 aromatic carbocycles. The Hall–Kier alpha value is -0.970. The lowest BCUT2D eigenvalue weighted by Gasteiger charge is -2.31. The molecular weight excluding hydrogens is 304 g/mol. The Bertz CT molecular complexity index is 692. The van der Waals surface area contributed by atoms with Gasteiger partial charge in [-0.2, -0.15) is 0 Å². The van der Waals surface area contributed by atoms with Crippen molar-refractivity contribution in [3.05, 3.63) is 41.0 Å². The number of pyridine rings is 1. The summed E-state index contributed by atoms with van der Waals surface area (Å²) < 4.78 is 15.3. The van der Waals surface area contributed by atoms with Crippen molar-refractivity contribution in [1.29, 1.82) is 0 Å². The van der Waals surface area contributed by atoms with E-state index in [4.69, 9.17) is 11.6 Å². The van der Waals surface area contributed by atoms with E-state index >= 15 is 0 Å². The van der Waals surface area contributed by atoms with E-state index in [-0.39, 0.29) is 4.75 Å². The molecular formula is C16H21ClN2OS. The molecule has 0 radical (unpaired) electrons. The molecule has 0 fully saturated rings. The van der Waals surface area contributed by atoms with Crippen LogP contribution in [0.1, 0.15) is 40.2 Å². The van der Waals surface area contributed by atoms with Gasteiger partial charge in [0.05, 0.1) is 26.8 Å². The van der Waals surface area contributed by atoms with Crippen LogP contribution in [0.4, 0.5) is 0 Å². The van der Waals surface area contributed by atoms with E-state index in [1.807, 2.05) is 58.9 Å². The molecule has 2 rings (SSSR count). The minimum atomic E-state index is -1.17. The van der Waals surface area contributed by atoms with Gasteiger partial charge in [-0.05, 0) is 52.3 Å². The summed E-state index contributed by atoms with van der Waals surface area (Å²) >= 11 is 6.03. The lowest BCUT2D eigenvalue weighted by Crippen LogP contribution is -2.44. The van der Waals surface area contributed by atoms with Crippen molar-refractivity contribution < 1.29 is 4.21 Å². The molecule has 0 aliphatic rings. The minimum absolute atomic E-state index is 0.326. The number of nitrogens with zero attached hydrogens (tertiary/aromatic N) is 1. The first kappa shape index (κ1) is 16.4. The summed E-state index contributed by atoms with van der Waals surface area (Å²) in [6, 6.07) is 9.71. The van der Waals surface area contributed by atoms with E-state index in [0.29, 0.717) is 5.15 Å². The van der Waals surface area contributed by atoms with Crippen molar-refractivity contribution in [2.24, 2.45) is 0 Å². The predicted molar refractivity (Wildman–Crippen MR) is 90.8 cm³/mol. The normalized spacial score (nSPS) is 14.4. The highest BCUT2D eigenvalue weighted by atomic mass is 35.5. The van der Waals surface area contributed by atoms with Crippen LogP contribution in [-0.4, -0.2) is 13.9 Å². The topological polar surface area (TPSA) is 42.0 Å². The van der Waals surface area contributed by atoms with E-state index in [1.165, 1.54) is 0 Å². The highest BCUT2D eigenvalue weighted by molar-refractivity contribution is 7.84. The molecule has 21 heavy (non-hydrogen) atoms. The van der Waals surface area contributed by atoms with Gasteiger partial charge >= 0.3 is 0 Å². The molecule has 0 spiro atoms. The Kier molecular flexibility index (Phi) is 4.43. The van der Waals surface area contributed by atoms with Gasteiger partial charge in [0.1, 0.15) is 5.15 Å². The lowest BCUT2D eigenvalue weighted by molar-refractivity contribution is 0.490. The number of nitrogens with one attached hydrogen (secondary N) is 1. The Balaban J connectivity index is 2.49. The molecule has 1 N–H and O–H groups in total. The molecule has 114 valence electrons. The summed E-state index contributed by atoms with van der Waals surface area (Å²) in [7, 11) is -1.17. The molecule has 1 atom stereocenters. The van der Waals surface area contributed by atoms with Crippen LogP contribution >= 0.6 is 11.6 Å².